The van der Waals surface area contributed by atoms with Crippen molar-refractivity contribution in [3.05, 3.63) is 29.3 Å². The molecule has 1 saturated heterocycles. The molecule has 9 nitrogen and oxygen atoms in total. The van der Waals surface area contributed by atoms with E-state index in [1.807, 2.05) is 0 Å². The smallest absolute Gasteiger partial charge is 0.482 e. The van der Waals surface area contributed by atoms with E-state index in [-0.39, 0.29) is 66.0 Å². The standard InChI is InChI=1S/C27H36BNO8/c1-15(30)11-18(31)9-10-23(32)29-22(12-16-7-6-8-19(25(33)34)24(16)35-5)28-36-21-14-17-13-20(26(17,2)3)27(21,4)37-28/h6-8,17,20-22H,9-14H2,1-5H3,(H,29,32)(H,33,34). The Morgan fingerprint density at radius 3 is 2.54 bits per heavy atom. The predicted molar refractivity (Wildman–Crippen MR) is 135 cm³/mol. The molecule has 5 atom stereocenters. The molecule has 3 aliphatic carbocycles. The summed E-state index contributed by atoms with van der Waals surface area (Å²) < 4.78 is 18.5. The van der Waals surface area contributed by atoms with Crippen LogP contribution >= 0.6 is 0 Å². The van der Waals surface area contributed by atoms with E-state index in [4.69, 9.17) is 14.0 Å². The number of carbonyl (C=O) groups is 4. The summed E-state index contributed by atoms with van der Waals surface area (Å²) in [4.78, 5) is 47.8. The lowest BCUT2D eigenvalue weighted by molar-refractivity contribution is -0.199. The highest BCUT2D eigenvalue weighted by molar-refractivity contribution is 6.48. The van der Waals surface area contributed by atoms with E-state index >= 15 is 0 Å². The highest BCUT2D eigenvalue weighted by Crippen LogP contribution is 2.65. The first-order valence-corrected chi connectivity index (χ1v) is 12.9. The SMILES string of the molecule is COc1c(CC(NC(=O)CCC(=O)CC(C)=O)B2OC3CC4CC(C4(C)C)C3(C)O2)cccc1C(=O)O. The van der Waals surface area contributed by atoms with Crippen molar-refractivity contribution in [3.8, 4) is 5.75 Å². The maximum Gasteiger partial charge on any atom is 0.482 e. The molecular formula is C27H36BNO8. The Morgan fingerprint density at radius 2 is 1.92 bits per heavy atom. The van der Waals surface area contributed by atoms with Crippen molar-refractivity contribution in [1.82, 2.24) is 5.32 Å². The van der Waals surface area contributed by atoms with Crippen LogP contribution in [-0.4, -0.2) is 60.4 Å². The third kappa shape index (κ3) is 5.18. The Hall–Kier alpha value is -2.72. The van der Waals surface area contributed by atoms with Crippen LogP contribution in [0.15, 0.2) is 18.2 Å². The second-order valence-electron chi connectivity index (χ2n) is 11.4. The normalized spacial score (nSPS) is 28.0. The van der Waals surface area contributed by atoms with Crippen molar-refractivity contribution in [3.63, 3.8) is 0 Å². The fraction of sp³-hybridized carbons (Fsp3) is 0.630. The third-order valence-corrected chi connectivity index (χ3v) is 8.69. The first-order chi connectivity index (χ1) is 17.4. The molecule has 37 heavy (non-hydrogen) atoms. The molecule has 0 spiro atoms. The van der Waals surface area contributed by atoms with Crippen molar-refractivity contribution in [1.29, 1.82) is 0 Å². The van der Waals surface area contributed by atoms with E-state index < -0.39 is 24.6 Å². The van der Waals surface area contributed by atoms with Crippen LogP contribution in [0.2, 0.25) is 0 Å². The Balaban J connectivity index is 1.56. The molecule has 10 heteroatoms. The van der Waals surface area contributed by atoms with Gasteiger partial charge in [-0.1, -0.05) is 26.0 Å². The Kier molecular flexibility index (Phi) is 7.54. The summed E-state index contributed by atoms with van der Waals surface area (Å²) in [5, 5.41) is 12.6. The van der Waals surface area contributed by atoms with E-state index in [2.05, 4.69) is 26.1 Å². The van der Waals surface area contributed by atoms with Crippen LogP contribution in [0, 0.1) is 17.3 Å². The van der Waals surface area contributed by atoms with Crippen LogP contribution in [0.4, 0.5) is 0 Å². The molecule has 2 N–H and O–H groups in total. The number of hydrogen-bond acceptors (Lipinski definition) is 7. The molecule has 2 bridgehead atoms. The highest BCUT2D eigenvalue weighted by atomic mass is 16.7. The van der Waals surface area contributed by atoms with Gasteiger partial charge < -0.3 is 24.5 Å². The quantitative estimate of drug-likeness (QED) is 0.342. The largest absolute Gasteiger partial charge is 0.496 e. The van der Waals surface area contributed by atoms with Gasteiger partial charge in [0.05, 0.1) is 31.2 Å². The summed E-state index contributed by atoms with van der Waals surface area (Å²) in [6.07, 6.45) is 1.78. The molecule has 0 aromatic heterocycles. The number of ether oxygens (including phenoxy) is 1. The van der Waals surface area contributed by atoms with Gasteiger partial charge in [-0.05, 0) is 62.0 Å². The molecule has 5 unspecified atom stereocenters. The average Bonchev–Trinajstić information content (AvgIpc) is 3.18. The van der Waals surface area contributed by atoms with E-state index in [1.165, 1.54) is 20.1 Å². The monoisotopic (exact) mass is 513 g/mol. The van der Waals surface area contributed by atoms with Crippen molar-refractivity contribution in [2.45, 2.75) is 83.9 Å². The van der Waals surface area contributed by atoms with Crippen LogP contribution in [0.1, 0.15) is 75.7 Å². The fourth-order valence-corrected chi connectivity index (χ4v) is 6.58. The molecule has 1 heterocycles. The zero-order valence-electron chi connectivity index (χ0n) is 22.2. The molecule has 3 saturated carbocycles. The number of carboxylic acids is 1. The number of carboxylic acid groups (broad SMARTS) is 1. The second-order valence-corrected chi connectivity index (χ2v) is 11.4. The van der Waals surface area contributed by atoms with Crippen molar-refractivity contribution >= 4 is 30.6 Å². The number of ketones is 2. The first-order valence-electron chi connectivity index (χ1n) is 12.9. The minimum atomic E-state index is -1.11. The third-order valence-electron chi connectivity index (χ3n) is 8.69. The number of amides is 1. The first kappa shape index (κ1) is 27.3. The molecule has 1 aliphatic heterocycles. The topological polar surface area (TPSA) is 128 Å². The Labute approximate surface area is 217 Å². The zero-order valence-corrected chi connectivity index (χ0v) is 22.2. The molecule has 5 rings (SSSR count). The lowest BCUT2D eigenvalue weighted by atomic mass is 9.43. The number of aromatic carboxylic acids is 1. The van der Waals surface area contributed by atoms with Crippen LogP contribution in [-0.2, 0) is 30.1 Å². The molecule has 0 radical (unpaired) electrons. The number of benzene rings is 1. The summed E-state index contributed by atoms with van der Waals surface area (Å²) >= 11 is 0. The molecular weight excluding hydrogens is 477 g/mol. The molecule has 4 fully saturated rings. The van der Waals surface area contributed by atoms with E-state index in [0.29, 0.717) is 17.4 Å². The maximum absolute atomic E-state index is 12.9. The summed E-state index contributed by atoms with van der Waals surface area (Å²) in [6.45, 7) is 7.96. The Morgan fingerprint density at radius 1 is 1.19 bits per heavy atom. The predicted octanol–water partition coefficient (Wildman–Crippen LogP) is 3.02. The van der Waals surface area contributed by atoms with Crippen LogP contribution in [0.3, 0.4) is 0 Å². The van der Waals surface area contributed by atoms with Gasteiger partial charge in [-0.3, -0.25) is 14.4 Å². The van der Waals surface area contributed by atoms with Crippen LogP contribution < -0.4 is 10.1 Å². The van der Waals surface area contributed by atoms with Crippen LogP contribution in [0.5, 0.6) is 5.75 Å². The lowest BCUT2D eigenvalue weighted by Crippen LogP contribution is -2.65. The highest BCUT2D eigenvalue weighted by Gasteiger charge is 2.68. The number of carbonyl (C=O) groups excluding carboxylic acids is 3. The van der Waals surface area contributed by atoms with E-state index in [9.17, 15) is 24.3 Å². The van der Waals surface area contributed by atoms with Gasteiger partial charge in [-0.15, -0.1) is 0 Å². The van der Waals surface area contributed by atoms with Gasteiger partial charge in [0.15, 0.2) is 0 Å². The molecule has 1 aromatic carbocycles. The van der Waals surface area contributed by atoms with Crippen molar-refractivity contribution < 1.29 is 38.3 Å². The van der Waals surface area contributed by atoms with Gasteiger partial charge >= 0.3 is 13.1 Å². The molecule has 4 aliphatic rings. The number of rotatable bonds is 11. The Bertz CT molecular complexity index is 1100. The number of methoxy groups -OCH3 is 1. The fourth-order valence-electron chi connectivity index (χ4n) is 6.58. The van der Waals surface area contributed by atoms with Gasteiger partial charge in [0, 0.05) is 12.8 Å². The van der Waals surface area contributed by atoms with E-state index in [1.54, 1.807) is 12.1 Å². The van der Waals surface area contributed by atoms with Gasteiger partial charge in [0.2, 0.25) is 5.91 Å². The molecule has 200 valence electrons. The van der Waals surface area contributed by atoms with Crippen molar-refractivity contribution in [2.75, 3.05) is 7.11 Å². The molecule has 1 aromatic rings. The van der Waals surface area contributed by atoms with E-state index in [0.717, 1.165) is 12.8 Å². The van der Waals surface area contributed by atoms with Crippen LogP contribution in [0.25, 0.3) is 0 Å². The van der Waals surface area contributed by atoms with Gasteiger partial charge in [-0.2, -0.15) is 0 Å². The van der Waals surface area contributed by atoms with Gasteiger partial charge in [0.1, 0.15) is 22.9 Å². The number of Topliss-reactive ketones (excluding diaryl/α,β-unsaturated/α-hetero) is 2. The lowest BCUT2D eigenvalue weighted by Gasteiger charge is -2.64. The number of para-hydroxylation sites is 1. The van der Waals surface area contributed by atoms with Crippen molar-refractivity contribution in [2.24, 2.45) is 17.3 Å². The molecule has 1 amide bonds. The summed E-state index contributed by atoms with van der Waals surface area (Å²) in [6, 6.07) is 4.85. The number of hydrogen-bond donors (Lipinski definition) is 2. The summed E-state index contributed by atoms with van der Waals surface area (Å²) in [7, 11) is 0.660. The average molecular weight is 513 g/mol. The minimum absolute atomic E-state index is 0.0244. The summed E-state index contributed by atoms with van der Waals surface area (Å²) in [5.74, 6) is -1.54. The number of nitrogens with one attached hydrogen (secondary N) is 1. The maximum atomic E-state index is 12.9. The second kappa shape index (κ2) is 10.2. The minimum Gasteiger partial charge on any atom is -0.496 e. The van der Waals surface area contributed by atoms with Gasteiger partial charge in [0.25, 0.3) is 0 Å². The zero-order chi connectivity index (χ0) is 27.1. The summed E-state index contributed by atoms with van der Waals surface area (Å²) in [5.41, 5.74) is 0.280. The van der Waals surface area contributed by atoms with Gasteiger partial charge in [-0.25, -0.2) is 4.79 Å².